The van der Waals surface area contributed by atoms with Gasteiger partial charge in [0.25, 0.3) is 0 Å². The van der Waals surface area contributed by atoms with Crippen LogP contribution in [0.4, 0.5) is 0 Å². The molecule has 1 heterocycles. The first-order valence-corrected chi connectivity index (χ1v) is 11.2. The van der Waals surface area contributed by atoms with E-state index in [1.807, 2.05) is 26.0 Å². The van der Waals surface area contributed by atoms with Crippen LogP contribution in [0.25, 0.3) is 11.3 Å². The normalized spacial score (nSPS) is 13.8. The maximum atomic E-state index is 12.0. The molecule has 2 aromatic rings. The number of allylic oxidation sites excluding steroid dienone is 1. The van der Waals surface area contributed by atoms with Gasteiger partial charge in [0.1, 0.15) is 5.69 Å². The van der Waals surface area contributed by atoms with Crippen molar-refractivity contribution in [3.63, 3.8) is 0 Å². The number of carbonyl (C=O) groups excluding carboxylic acids is 1. The first kappa shape index (κ1) is 25.7. The van der Waals surface area contributed by atoms with Crippen LogP contribution in [0.15, 0.2) is 29.3 Å². The molecule has 1 atom stereocenters. The Balaban J connectivity index is 2.65. The molecule has 0 radical (unpaired) electrons. The summed E-state index contributed by atoms with van der Waals surface area (Å²) in [7, 11) is 3.50. The van der Waals surface area contributed by atoms with Gasteiger partial charge in [-0.05, 0) is 29.9 Å². The van der Waals surface area contributed by atoms with Crippen LogP contribution in [0.3, 0.4) is 0 Å². The highest BCUT2D eigenvalue weighted by Crippen LogP contribution is 2.34. The molecule has 0 N–H and O–H groups in total. The number of aromatic nitrogens is 2. The number of nitrogens with zero attached hydrogens (tertiary/aromatic N) is 3. The summed E-state index contributed by atoms with van der Waals surface area (Å²) in [6.07, 6.45) is 1.94. The molecule has 1 unspecified atom stereocenters. The van der Waals surface area contributed by atoms with Crippen molar-refractivity contribution in [3.8, 4) is 0 Å². The Labute approximate surface area is 196 Å². The van der Waals surface area contributed by atoms with E-state index in [0.717, 1.165) is 11.1 Å². The number of benzene rings is 1. The summed E-state index contributed by atoms with van der Waals surface area (Å²) in [5.41, 5.74) is 4.14. The molecule has 0 saturated heterocycles. The predicted octanol–water partition coefficient (Wildman–Crippen LogP) is 5.95. The van der Waals surface area contributed by atoms with Gasteiger partial charge in [0.15, 0.2) is 5.76 Å². The Morgan fingerprint density at radius 3 is 2.34 bits per heavy atom. The molecule has 0 aliphatic rings. The Kier molecular flexibility index (Phi) is 8.67. The standard InChI is InChI=1S/C25H34ClN3O3/c1-9-10-21(30)31-17(3)32-24(23-22(26)16(2)28-29(23)8)20(15-27-7)18-11-13-19(14-12-18)25(4,5)6/h11-15,17H,9-10H2,1-8H3/b24-20-,27-15-. The summed E-state index contributed by atoms with van der Waals surface area (Å²) in [4.78, 5) is 16.3. The van der Waals surface area contributed by atoms with Gasteiger partial charge in [0, 0.05) is 39.2 Å². The summed E-state index contributed by atoms with van der Waals surface area (Å²) >= 11 is 6.61. The van der Waals surface area contributed by atoms with Crippen molar-refractivity contribution in [1.82, 2.24) is 9.78 Å². The Morgan fingerprint density at radius 2 is 1.88 bits per heavy atom. The highest BCUT2D eigenvalue weighted by atomic mass is 35.5. The number of hydrogen-bond donors (Lipinski definition) is 0. The summed E-state index contributed by atoms with van der Waals surface area (Å²) in [5, 5.41) is 4.90. The van der Waals surface area contributed by atoms with E-state index in [-0.39, 0.29) is 11.4 Å². The van der Waals surface area contributed by atoms with E-state index in [9.17, 15) is 4.79 Å². The molecule has 0 amide bonds. The predicted molar refractivity (Wildman–Crippen MR) is 131 cm³/mol. The minimum atomic E-state index is -0.815. The lowest BCUT2D eigenvalue weighted by Crippen LogP contribution is -2.19. The third-order valence-electron chi connectivity index (χ3n) is 4.96. The number of hydrogen-bond acceptors (Lipinski definition) is 5. The highest BCUT2D eigenvalue weighted by Gasteiger charge is 2.24. The molecule has 0 bridgehead atoms. The van der Waals surface area contributed by atoms with Crippen LogP contribution >= 0.6 is 11.6 Å². The molecule has 0 spiro atoms. The molecule has 1 aromatic heterocycles. The number of aryl methyl sites for hydroxylation is 2. The first-order chi connectivity index (χ1) is 15.0. The molecule has 0 fully saturated rings. The largest absolute Gasteiger partial charge is 0.452 e. The number of ether oxygens (including phenoxy) is 2. The van der Waals surface area contributed by atoms with Crippen molar-refractivity contribution in [1.29, 1.82) is 0 Å². The number of halogens is 1. The topological polar surface area (TPSA) is 65.7 Å². The third-order valence-corrected chi connectivity index (χ3v) is 5.42. The van der Waals surface area contributed by atoms with Crippen molar-refractivity contribution in [2.24, 2.45) is 12.0 Å². The molecule has 1 aromatic carbocycles. The van der Waals surface area contributed by atoms with Crippen LogP contribution < -0.4 is 0 Å². The van der Waals surface area contributed by atoms with Crippen molar-refractivity contribution >= 4 is 35.1 Å². The highest BCUT2D eigenvalue weighted by molar-refractivity contribution is 6.33. The molecular weight excluding hydrogens is 426 g/mol. The van der Waals surface area contributed by atoms with E-state index in [0.29, 0.717) is 35.0 Å². The summed E-state index contributed by atoms with van der Waals surface area (Å²) in [6.45, 7) is 12.0. The second-order valence-corrected chi connectivity index (χ2v) is 9.13. The van der Waals surface area contributed by atoms with Gasteiger partial charge in [-0.15, -0.1) is 0 Å². The average molecular weight is 460 g/mol. The Morgan fingerprint density at radius 1 is 1.25 bits per heavy atom. The van der Waals surface area contributed by atoms with Gasteiger partial charge in [0.05, 0.1) is 10.7 Å². The summed E-state index contributed by atoms with van der Waals surface area (Å²) < 4.78 is 13.3. The lowest BCUT2D eigenvalue weighted by molar-refractivity contribution is -0.164. The quantitative estimate of drug-likeness (QED) is 0.211. The molecule has 174 valence electrons. The summed E-state index contributed by atoms with van der Waals surface area (Å²) in [5.74, 6) is 0.135. The maximum absolute atomic E-state index is 12.0. The fraction of sp³-hybridized carbons (Fsp3) is 0.480. The molecule has 0 aliphatic heterocycles. The Hall–Kier alpha value is -2.60. The van der Waals surface area contributed by atoms with Crippen LogP contribution in [0.5, 0.6) is 0 Å². The molecule has 7 heteroatoms. The second kappa shape index (κ2) is 10.8. The van der Waals surface area contributed by atoms with E-state index in [2.05, 4.69) is 43.0 Å². The van der Waals surface area contributed by atoms with Gasteiger partial charge in [-0.25, -0.2) is 0 Å². The zero-order chi connectivity index (χ0) is 24.1. The van der Waals surface area contributed by atoms with Crippen molar-refractivity contribution < 1.29 is 14.3 Å². The molecule has 0 saturated carbocycles. The van der Waals surface area contributed by atoms with E-state index in [4.69, 9.17) is 21.1 Å². The van der Waals surface area contributed by atoms with E-state index < -0.39 is 6.29 Å². The lowest BCUT2D eigenvalue weighted by atomic mass is 9.86. The monoisotopic (exact) mass is 459 g/mol. The van der Waals surface area contributed by atoms with E-state index in [1.54, 1.807) is 31.9 Å². The fourth-order valence-electron chi connectivity index (χ4n) is 3.31. The van der Waals surface area contributed by atoms with E-state index in [1.165, 1.54) is 5.56 Å². The minimum Gasteiger partial charge on any atom is -0.452 e. The SMILES string of the molecule is CCCC(=O)OC(C)O/C(=C(/C=N\C)c1ccc(C(C)(C)C)cc1)c1c(Cl)c(C)nn1C. The first-order valence-electron chi connectivity index (χ1n) is 10.8. The van der Waals surface area contributed by atoms with Crippen LogP contribution in [0.1, 0.15) is 70.0 Å². The van der Waals surface area contributed by atoms with Crippen molar-refractivity contribution in [3.05, 3.63) is 51.8 Å². The van der Waals surface area contributed by atoms with Gasteiger partial charge < -0.3 is 9.47 Å². The number of esters is 1. The molecule has 32 heavy (non-hydrogen) atoms. The van der Waals surface area contributed by atoms with Crippen molar-refractivity contribution in [2.45, 2.75) is 66.1 Å². The lowest BCUT2D eigenvalue weighted by Gasteiger charge is -2.22. The van der Waals surface area contributed by atoms with Gasteiger partial charge in [-0.2, -0.15) is 5.10 Å². The van der Waals surface area contributed by atoms with Crippen LogP contribution in [-0.2, 0) is 26.7 Å². The van der Waals surface area contributed by atoms with E-state index >= 15 is 0 Å². The molecule has 6 nitrogen and oxygen atoms in total. The second-order valence-electron chi connectivity index (χ2n) is 8.75. The van der Waals surface area contributed by atoms with Gasteiger partial charge >= 0.3 is 5.97 Å². The number of aliphatic imine (C=N–C) groups is 1. The van der Waals surface area contributed by atoms with Crippen LogP contribution in [0.2, 0.25) is 5.02 Å². The van der Waals surface area contributed by atoms with Crippen LogP contribution in [-0.4, -0.2) is 35.3 Å². The fourth-order valence-corrected chi connectivity index (χ4v) is 3.55. The zero-order valence-electron chi connectivity index (χ0n) is 20.3. The maximum Gasteiger partial charge on any atom is 0.308 e. The van der Waals surface area contributed by atoms with Crippen LogP contribution in [0, 0.1) is 6.92 Å². The molecule has 2 rings (SSSR count). The smallest absolute Gasteiger partial charge is 0.308 e. The molecule has 0 aliphatic carbocycles. The third kappa shape index (κ3) is 6.22. The summed E-state index contributed by atoms with van der Waals surface area (Å²) in [6, 6.07) is 8.26. The van der Waals surface area contributed by atoms with Gasteiger partial charge in [-0.1, -0.05) is 63.6 Å². The van der Waals surface area contributed by atoms with Gasteiger partial charge in [-0.3, -0.25) is 14.5 Å². The zero-order valence-corrected chi connectivity index (χ0v) is 21.1. The number of carbonyl (C=O) groups is 1. The Bertz CT molecular complexity index is 999. The van der Waals surface area contributed by atoms with Crippen molar-refractivity contribution in [2.75, 3.05) is 7.05 Å². The van der Waals surface area contributed by atoms with Gasteiger partial charge in [0.2, 0.25) is 6.29 Å². The average Bonchev–Trinajstić information content (AvgIpc) is 2.96. The molecular formula is C25H34ClN3O3. The number of rotatable bonds is 8. The minimum absolute atomic E-state index is 0.0328.